The summed E-state index contributed by atoms with van der Waals surface area (Å²) in [6.07, 6.45) is 8.73. The molecule has 4 rings (SSSR count). The molecule has 6 nitrogen and oxygen atoms in total. The van der Waals surface area contributed by atoms with Gasteiger partial charge in [0, 0.05) is 15.8 Å². The molecule has 0 aromatic heterocycles. The predicted molar refractivity (Wildman–Crippen MR) is 114 cm³/mol. The van der Waals surface area contributed by atoms with E-state index in [1.165, 1.54) is 30.6 Å². The van der Waals surface area contributed by atoms with Gasteiger partial charge in [0.2, 0.25) is 5.91 Å². The number of rotatable bonds is 5. The number of thioether (sulfide) groups is 1. The van der Waals surface area contributed by atoms with Crippen LogP contribution in [0.1, 0.15) is 58.3 Å². The molecule has 3 aliphatic rings. The molecule has 2 saturated carbocycles. The van der Waals surface area contributed by atoms with Crippen LogP contribution in [0.15, 0.2) is 29.2 Å². The third-order valence-electron chi connectivity index (χ3n) is 6.55. The van der Waals surface area contributed by atoms with Gasteiger partial charge in [-0.3, -0.25) is 14.5 Å². The Labute approximate surface area is 176 Å². The molecule has 1 spiro atoms. The van der Waals surface area contributed by atoms with Gasteiger partial charge in [-0.05, 0) is 55.9 Å². The zero-order valence-electron chi connectivity index (χ0n) is 16.9. The van der Waals surface area contributed by atoms with Crippen molar-refractivity contribution in [1.29, 1.82) is 0 Å². The zero-order valence-corrected chi connectivity index (χ0v) is 17.7. The Bertz CT molecular complexity index is 791. The molecule has 2 unspecified atom stereocenters. The number of hydrogen-bond donors (Lipinski definition) is 2. The number of imide groups is 1. The monoisotopic (exact) mass is 415 g/mol. The van der Waals surface area contributed by atoms with Crippen molar-refractivity contribution in [1.82, 2.24) is 10.2 Å². The number of hydrogen-bond acceptors (Lipinski definition) is 4. The maximum absolute atomic E-state index is 13.0. The Hall–Kier alpha value is -2.02. The molecule has 7 heteroatoms. The third kappa shape index (κ3) is 4.15. The maximum Gasteiger partial charge on any atom is 0.325 e. The topological polar surface area (TPSA) is 78.5 Å². The lowest BCUT2D eigenvalue weighted by atomic mass is 9.73. The minimum Gasteiger partial charge on any atom is -0.325 e. The quantitative estimate of drug-likeness (QED) is 0.708. The molecule has 1 heterocycles. The smallest absolute Gasteiger partial charge is 0.325 e. The first-order chi connectivity index (χ1) is 14.0. The molecule has 0 bridgehead atoms. The van der Waals surface area contributed by atoms with Crippen LogP contribution in [0, 0.1) is 5.92 Å². The van der Waals surface area contributed by atoms with Crippen molar-refractivity contribution in [3.8, 4) is 0 Å². The normalized spacial score (nSPS) is 27.5. The fraction of sp³-hybridized carbons (Fsp3) is 0.591. The van der Waals surface area contributed by atoms with E-state index in [0.717, 1.165) is 24.2 Å². The van der Waals surface area contributed by atoms with Gasteiger partial charge in [-0.25, -0.2) is 4.79 Å². The van der Waals surface area contributed by atoms with Crippen LogP contribution in [0.5, 0.6) is 0 Å². The molecule has 156 valence electrons. The SMILES string of the molecule is CC1CCCCC12NC(=O)N(CC(=O)Nc1ccc(SC3CCCC3)cc1)C2=O. The Morgan fingerprint density at radius 2 is 1.83 bits per heavy atom. The van der Waals surface area contributed by atoms with E-state index < -0.39 is 11.6 Å². The standard InChI is InChI=1S/C22H29N3O3S/c1-15-6-4-5-13-22(15)20(27)25(21(28)24-22)14-19(26)23-16-9-11-18(12-10-16)29-17-7-2-3-8-17/h9-12,15,17H,2-8,13-14H2,1H3,(H,23,26)(H,24,28). The largest absolute Gasteiger partial charge is 0.325 e. The van der Waals surface area contributed by atoms with Gasteiger partial charge in [-0.1, -0.05) is 32.6 Å². The Balaban J connectivity index is 1.34. The van der Waals surface area contributed by atoms with Gasteiger partial charge in [0.15, 0.2) is 0 Å². The van der Waals surface area contributed by atoms with Crippen LogP contribution < -0.4 is 10.6 Å². The van der Waals surface area contributed by atoms with E-state index in [4.69, 9.17) is 0 Å². The van der Waals surface area contributed by atoms with E-state index in [0.29, 0.717) is 17.4 Å². The summed E-state index contributed by atoms with van der Waals surface area (Å²) in [6.45, 7) is 1.75. The van der Waals surface area contributed by atoms with Crippen molar-refractivity contribution in [2.24, 2.45) is 5.92 Å². The van der Waals surface area contributed by atoms with E-state index in [9.17, 15) is 14.4 Å². The number of nitrogens with zero attached hydrogens (tertiary/aromatic N) is 1. The summed E-state index contributed by atoms with van der Waals surface area (Å²) in [4.78, 5) is 40.1. The first-order valence-corrected chi connectivity index (χ1v) is 11.6. The molecule has 0 radical (unpaired) electrons. The van der Waals surface area contributed by atoms with Crippen molar-refractivity contribution >= 4 is 35.3 Å². The lowest BCUT2D eigenvalue weighted by molar-refractivity contribution is -0.136. The molecule has 3 fully saturated rings. The average Bonchev–Trinajstić information content (AvgIpc) is 3.29. The number of nitrogens with one attached hydrogen (secondary N) is 2. The molecule has 1 aromatic rings. The van der Waals surface area contributed by atoms with Gasteiger partial charge in [0.1, 0.15) is 12.1 Å². The molecule has 1 saturated heterocycles. The molecule has 29 heavy (non-hydrogen) atoms. The van der Waals surface area contributed by atoms with E-state index in [-0.39, 0.29) is 24.3 Å². The number of carbonyl (C=O) groups excluding carboxylic acids is 3. The van der Waals surface area contributed by atoms with Crippen molar-refractivity contribution in [3.63, 3.8) is 0 Å². The highest BCUT2D eigenvalue weighted by molar-refractivity contribution is 8.00. The first-order valence-electron chi connectivity index (χ1n) is 10.7. The highest BCUT2D eigenvalue weighted by Gasteiger charge is 2.55. The minimum absolute atomic E-state index is 0.0886. The van der Waals surface area contributed by atoms with E-state index in [2.05, 4.69) is 10.6 Å². The Morgan fingerprint density at radius 1 is 1.14 bits per heavy atom. The summed E-state index contributed by atoms with van der Waals surface area (Å²) in [5.41, 5.74) is -0.145. The van der Waals surface area contributed by atoms with Gasteiger partial charge >= 0.3 is 6.03 Å². The van der Waals surface area contributed by atoms with Gasteiger partial charge in [-0.15, -0.1) is 11.8 Å². The van der Waals surface area contributed by atoms with Crippen molar-refractivity contribution < 1.29 is 14.4 Å². The highest BCUT2D eigenvalue weighted by Crippen LogP contribution is 2.38. The predicted octanol–water partition coefficient (Wildman–Crippen LogP) is 4.16. The summed E-state index contributed by atoms with van der Waals surface area (Å²) in [5, 5.41) is 6.39. The number of urea groups is 1. The van der Waals surface area contributed by atoms with Crippen molar-refractivity contribution in [3.05, 3.63) is 24.3 Å². The second-order valence-electron chi connectivity index (χ2n) is 8.54. The number of carbonyl (C=O) groups is 3. The molecular formula is C22H29N3O3S. The van der Waals surface area contributed by atoms with Crippen molar-refractivity contribution in [2.75, 3.05) is 11.9 Å². The lowest BCUT2D eigenvalue weighted by Crippen LogP contribution is -2.54. The minimum atomic E-state index is -0.825. The van der Waals surface area contributed by atoms with Gasteiger partial charge < -0.3 is 10.6 Å². The van der Waals surface area contributed by atoms with E-state index >= 15 is 0 Å². The van der Waals surface area contributed by atoms with Crippen LogP contribution in [-0.4, -0.2) is 40.1 Å². The first kappa shape index (κ1) is 20.3. The van der Waals surface area contributed by atoms with Crippen LogP contribution in [0.3, 0.4) is 0 Å². The molecule has 2 aliphatic carbocycles. The van der Waals surface area contributed by atoms with Crippen molar-refractivity contribution in [2.45, 2.75) is 74.0 Å². The second kappa shape index (κ2) is 8.38. The van der Waals surface area contributed by atoms with Crippen LogP contribution >= 0.6 is 11.8 Å². The molecule has 1 aromatic carbocycles. The van der Waals surface area contributed by atoms with Crippen LogP contribution in [0.2, 0.25) is 0 Å². The maximum atomic E-state index is 13.0. The molecule has 2 atom stereocenters. The Kier molecular flexibility index (Phi) is 5.86. The molecule has 4 amide bonds. The van der Waals surface area contributed by atoms with E-state index in [1.54, 1.807) is 0 Å². The average molecular weight is 416 g/mol. The summed E-state index contributed by atoms with van der Waals surface area (Å²) in [7, 11) is 0. The highest BCUT2D eigenvalue weighted by atomic mass is 32.2. The molecule has 1 aliphatic heterocycles. The summed E-state index contributed by atoms with van der Waals surface area (Å²) >= 11 is 1.90. The molecular weight excluding hydrogens is 386 g/mol. The fourth-order valence-corrected chi connectivity index (χ4v) is 6.05. The third-order valence-corrected chi connectivity index (χ3v) is 7.90. The van der Waals surface area contributed by atoms with Gasteiger partial charge in [0.25, 0.3) is 5.91 Å². The number of amides is 4. The van der Waals surface area contributed by atoms with Gasteiger partial charge in [0.05, 0.1) is 0 Å². The summed E-state index contributed by atoms with van der Waals surface area (Å²) in [5.74, 6) is -0.524. The van der Waals surface area contributed by atoms with Crippen LogP contribution in [0.4, 0.5) is 10.5 Å². The fourth-order valence-electron chi connectivity index (χ4n) is 4.80. The van der Waals surface area contributed by atoms with Gasteiger partial charge in [-0.2, -0.15) is 0 Å². The summed E-state index contributed by atoms with van der Waals surface area (Å²) in [6, 6.07) is 7.34. The summed E-state index contributed by atoms with van der Waals surface area (Å²) < 4.78 is 0. The van der Waals surface area contributed by atoms with Crippen LogP contribution in [-0.2, 0) is 9.59 Å². The van der Waals surface area contributed by atoms with E-state index in [1.807, 2.05) is 43.0 Å². The lowest BCUT2D eigenvalue weighted by Gasteiger charge is -2.36. The number of anilines is 1. The van der Waals surface area contributed by atoms with Crippen LogP contribution in [0.25, 0.3) is 0 Å². The zero-order chi connectivity index (χ0) is 20.4. The second-order valence-corrected chi connectivity index (χ2v) is 9.91. The number of benzene rings is 1. The molecule has 2 N–H and O–H groups in total. The Morgan fingerprint density at radius 3 is 2.52 bits per heavy atom.